The molecule has 2 aliphatic rings. The standard InChI is InChI=1S/C23H26N4O3S/c1-29-18-4-2-3-17(15-18)19-5-6-20-21(24-19)31-23(25-20)27-9-7-16(8-10-27)22(28)26-11-13-30-14-12-26/h2-6,15-16H,7-14H2,1H3. The van der Waals surface area contributed by atoms with E-state index < -0.39 is 0 Å². The number of amides is 1. The van der Waals surface area contributed by atoms with E-state index in [9.17, 15) is 4.79 Å². The van der Waals surface area contributed by atoms with E-state index in [1.54, 1.807) is 18.4 Å². The second-order valence-electron chi connectivity index (χ2n) is 7.95. The van der Waals surface area contributed by atoms with Crippen molar-refractivity contribution in [2.75, 3.05) is 51.4 Å². The molecule has 0 radical (unpaired) electrons. The molecule has 2 aliphatic heterocycles. The van der Waals surface area contributed by atoms with E-state index in [2.05, 4.69) is 4.90 Å². The molecule has 162 valence electrons. The first-order valence-corrected chi connectivity index (χ1v) is 11.6. The zero-order chi connectivity index (χ0) is 21.2. The molecular formula is C23H26N4O3S. The van der Waals surface area contributed by atoms with Gasteiger partial charge in [-0.05, 0) is 37.1 Å². The third kappa shape index (κ3) is 4.22. The van der Waals surface area contributed by atoms with Crippen molar-refractivity contribution in [3.8, 4) is 17.0 Å². The Balaban J connectivity index is 1.28. The van der Waals surface area contributed by atoms with Crippen molar-refractivity contribution in [3.63, 3.8) is 0 Å². The Morgan fingerprint density at radius 2 is 1.90 bits per heavy atom. The number of hydrogen-bond acceptors (Lipinski definition) is 7. The Labute approximate surface area is 185 Å². The number of benzene rings is 1. The van der Waals surface area contributed by atoms with Crippen LogP contribution in [0.5, 0.6) is 5.75 Å². The summed E-state index contributed by atoms with van der Waals surface area (Å²) in [5.74, 6) is 1.22. The van der Waals surface area contributed by atoms with E-state index in [-0.39, 0.29) is 11.8 Å². The summed E-state index contributed by atoms with van der Waals surface area (Å²) < 4.78 is 10.7. The topological polar surface area (TPSA) is 67.8 Å². The van der Waals surface area contributed by atoms with Crippen LogP contribution in [0.4, 0.5) is 5.13 Å². The maximum Gasteiger partial charge on any atom is 0.225 e. The zero-order valence-corrected chi connectivity index (χ0v) is 18.4. The van der Waals surface area contributed by atoms with E-state index in [1.165, 1.54) is 0 Å². The average Bonchev–Trinajstić information content (AvgIpc) is 3.28. The number of hydrogen-bond donors (Lipinski definition) is 0. The van der Waals surface area contributed by atoms with Crippen molar-refractivity contribution in [1.29, 1.82) is 0 Å². The zero-order valence-electron chi connectivity index (χ0n) is 17.6. The quantitative estimate of drug-likeness (QED) is 0.622. The summed E-state index contributed by atoms with van der Waals surface area (Å²) in [7, 11) is 1.67. The fraction of sp³-hybridized carbons (Fsp3) is 0.435. The number of pyridine rings is 1. The van der Waals surface area contributed by atoms with E-state index in [0.717, 1.165) is 71.5 Å². The predicted molar refractivity (Wildman–Crippen MR) is 122 cm³/mol. The van der Waals surface area contributed by atoms with E-state index >= 15 is 0 Å². The van der Waals surface area contributed by atoms with Crippen molar-refractivity contribution in [2.45, 2.75) is 12.8 Å². The van der Waals surface area contributed by atoms with Crippen LogP contribution in [-0.2, 0) is 9.53 Å². The summed E-state index contributed by atoms with van der Waals surface area (Å²) in [6.07, 6.45) is 1.74. The van der Waals surface area contributed by atoms with Gasteiger partial charge in [-0.3, -0.25) is 4.79 Å². The Hall–Kier alpha value is -2.71. The molecule has 3 aromatic rings. The molecule has 0 unspecified atom stereocenters. The SMILES string of the molecule is COc1cccc(-c2ccc3nc(N4CCC(C(=O)N5CCOCC5)CC4)sc3n2)c1. The van der Waals surface area contributed by atoms with Crippen molar-refractivity contribution >= 4 is 32.7 Å². The lowest BCUT2D eigenvalue weighted by molar-refractivity contribution is -0.140. The number of anilines is 1. The average molecular weight is 439 g/mol. The molecule has 0 spiro atoms. The first-order valence-electron chi connectivity index (χ1n) is 10.7. The van der Waals surface area contributed by atoms with Crippen LogP contribution in [0.25, 0.3) is 21.6 Å². The largest absolute Gasteiger partial charge is 0.497 e. The molecule has 5 rings (SSSR count). The van der Waals surface area contributed by atoms with Crippen LogP contribution in [0.1, 0.15) is 12.8 Å². The van der Waals surface area contributed by atoms with Gasteiger partial charge in [-0.1, -0.05) is 23.5 Å². The van der Waals surface area contributed by atoms with Gasteiger partial charge in [0.15, 0.2) is 5.13 Å². The molecule has 0 aliphatic carbocycles. The molecule has 4 heterocycles. The van der Waals surface area contributed by atoms with Gasteiger partial charge in [-0.25, -0.2) is 9.97 Å². The lowest BCUT2D eigenvalue weighted by atomic mass is 9.95. The molecule has 7 nitrogen and oxygen atoms in total. The maximum atomic E-state index is 12.8. The monoisotopic (exact) mass is 438 g/mol. The van der Waals surface area contributed by atoms with Gasteiger partial charge in [-0.2, -0.15) is 0 Å². The van der Waals surface area contributed by atoms with E-state index in [4.69, 9.17) is 19.4 Å². The fourth-order valence-electron chi connectivity index (χ4n) is 4.24. The summed E-state index contributed by atoms with van der Waals surface area (Å²) in [6, 6.07) is 12.0. The van der Waals surface area contributed by atoms with E-state index in [1.807, 2.05) is 41.3 Å². The second kappa shape index (κ2) is 8.80. The molecule has 1 amide bonds. The number of fused-ring (bicyclic) bond motifs is 1. The molecule has 2 aromatic heterocycles. The number of thiazole rings is 1. The van der Waals surface area contributed by atoms with Crippen LogP contribution in [0, 0.1) is 5.92 Å². The lowest BCUT2D eigenvalue weighted by Crippen LogP contribution is -2.46. The summed E-state index contributed by atoms with van der Waals surface area (Å²) in [5, 5.41) is 0.988. The smallest absolute Gasteiger partial charge is 0.225 e. The van der Waals surface area contributed by atoms with Crippen molar-refractivity contribution in [2.24, 2.45) is 5.92 Å². The second-order valence-corrected chi connectivity index (χ2v) is 8.90. The molecule has 2 saturated heterocycles. The summed E-state index contributed by atoms with van der Waals surface area (Å²) >= 11 is 1.62. The number of carbonyl (C=O) groups is 1. The van der Waals surface area contributed by atoms with Crippen LogP contribution in [0.15, 0.2) is 36.4 Å². The molecule has 0 saturated carbocycles. The molecule has 31 heavy (non-hydrogen) atoms. The number of rotatable bonds is 4. The summed E-state index contributed by atoms with van der Waals surface area (Å²) in [4.78, 5) is 27.6. The highest BCUT2D eigenvalue weighted by Crippen LogP contribution is 2.33. The van der Waals surface area contributed by atoms with Crippen LogP contribution < -0.4 is 9.64 Å². The number of piperidine rings is 1. The Bertz CT molecular complexity index is 1070. The van der Waals surface area contributed by atoms with Gasteiger partial charge in [0.25, 0.3) is 0 Å². The van der Waals surface area contributed by atoms with Gasteiger partial charge < -0.3 is 19.3 Å². The summed E-state index contributed by atoms with van der Waals surface area (Å²) in [5.41, 5.74) is 2.85. The Morgan fingerprint density at radius 1 is 1.10 bits per heavy atom. The first-order chi connectivity index (χ1) is 15.2. The molecule has 2 fully saturated rings. The van der Waals surface area contributed by atoms with Crippen molar-refractivity contribution in [3.05, 3.63) is 36.4 Å². The number of morpholine rings is 1. The predicted octanol–water partition coefficient (Wildman–Crippen LogP) is 3.44. The van der Waals surface area contributed by atoms with Gasteiger partial charge in [0.2, 0.25) is 5.91 Å². The maximum absolute atomic E-state index is 12.8. The van der Waals surface area contributed by atoms with Crippen LogP contribution in [-0.4, -0.2) is 67.3 Å². The number of carbonyl (C=O) groups excluding carboxylic acids is 1. The highest BCUT2D eigenvalue weighted by Gasteiger charge is 2.30. The molecule has 0 atom stereocenters. The lowest BCUT2D eigenvalue weighted by Gasteiger charge is -2.35. The van der Waals surface area contributed by atoms with Gasteiger partial charge >= 0.3 is 0 Å². The Kier molecular flexibility index (Phi) is 5.74. The third-order valence-electron chi connectivity index (χ3n) is 6.05. The van der Waals surface area contributed by atoms with Crippen LogP contribution in [0.2, 0.25) is 0 Å². The fourth-order valence-corrected chi connectivity index (χ4v) is 5.23. The van der Waals surface area contributed by atoms with Gasteiger partial charge in [0, 0.05) is 37.7 Å². The minimum atomic E-state index is 0.113. The molecule has 8 heteroatoms. The van der Waals surface area contributed by atoms with Crippen molar-refractivity contribution in [1.82, 2.24) is 14.9 Å². The summed E-state index contributed by atoms with van der Waals surface area (Å²) in [6.45, 7) is 4.45. The highest BCUT2D eigenvalue weighted by atomic mass is 32.1. The van der Waals surface area contributed by atoms with Gasteiger partial charge in [0.1, 0.15) is 16.1 Å². The first kappa shape index (κ1) is 20.2. The number of nitrogens with zero attached hydrogens (tertiary/aromatic N) is 4. The molecule has 1 aromatic carbocycles. The molecular weight excluding hydrogens is 412 g/mol. The Morgan fingerprint density at radius 3 is 2.68 bits per heavy atom. The number of methoxy groups -OCH3 is 1. The van der Waals surface area contributed by atoms with E-state index in [0.29, 0.717) is 13.2 Å². The highest BCUT2D eigenvalue weighted by molar-refractivity contribution is 7.21. The van der Waals surface area contributed by atoms with Crippen LogP contribution >= 0.6 is 11.3 Å². The van der Waals surface area contributed by atoms with Gasteiger partial charge in [-0.15, -0.1) is 0 Å². The number of ether oxygens (including phenoxy) is 2. The van der Waals surface area contributed by atoms with Crippen molar-refractivity contribution < 1.29 is 14.3 Å². The normalized spacial score (nSPS) is 17.8. The molecule has 0 bridgehead atoms. The minimum absolute atomic E-state index is 0.113. The number of aromatic nitrogens is 2. The van der Waals surface area contributed by atoms with Crippen LogP contribution in [0.3, 0.4) is 0 Å². The molecule has 0 N–H and O–H groups in total. The minimum Gasteiger partial charge on any atom is -0.497 e. The van der Waals surface area contributed by atoms with Gasteiger partial charge in [0.05, 0.1) is 26.0 Å². The third-order valence-corrected chi connectivity index (χ3v) is 7.07.